The summed E-state index contributed by atoms with van der Waals surface area (Å²) in [7, 11) is -1.13. The van der Waals surface area contributed by atoms with E-state index in [1.165, 1.54) is 50.1 Å². The normalized spacial score (nSPS) is 17.6. The Morgan fingerprint density at radius 2 is 1.53 bits per heavy atom. The first kappa shape index (κ1) is 14.8. The molecule has 0 radical (unpaired) electrons. The third kappa shape index (κ3) is 4.77. The Labute approximate surface area is 120 Å². The molecule has 1 saturated heterocycles. The lowest BCUT2D eigenvalue weighted by Crippen LogP contribution is -2.46. The first-order valence-electron chi connectivity index (χ1n) is 7.89. The minimum atomic E-state index is -1.13. The van der Waals surface area contributed by atoms with Crippen LogP contribution in [0.15, 0.2) is 24.3 Å². The number of nitrogens with zero attached hydrogens (tertiary/aromatic N) is 1. The van der Waals surface area contributed by atoms with Gasteiger partial charge in [0.1, 0.15) is 0 Å². The number of hydrogen-bond acceptors (Lipinski definition) is 1. The van der Waals surface area contributed by atoms with Crippen molar-refractivity contribution < 1.29 is 0 Å². The fourth-order valence-electron chi connectivity index (χ4n) is 3.22. The van der Waals surface area contributed by atoms with Gasteiger partial charge in [0.2, 0.25) is 0 Å². The van der Waals surface area contributed by atoms with E-state index in [1.807, 2.05) is 0 Å². The second-order valence-electron chi connectivity index (χ2n) is 6.85. The molecule has 0 bridgehead atoms. The summed E-state index contributed by atoms with van der Waals surface area (Å²) in [5.41, 5.74) is 3.00. The predicted molar refractivity (Wildman–Crippen MR) is 87.3 cm³/mol. The molecule has 1 aromatic rings. The summed E-state index contributed by atoms with van der Waals surface area (Å²) in [6.45, 7) is 10.0. The SMILES string of the molecule is CCc1ccc(C[Si](C)(C)CN2CCCCC2)cc1. The van der Waals surface area contributed by atoms with Crippen LogP contribution < -0.4 is 0 Å². The van der Waals surface area contributed by atoms with E-state index in [2.05, 4.69) is 49.2 Å². The van der Waals surface area contributed by atoms with Crippen LogP contribution in [0.2, 0.25) is 13.1 Å². The zero-order chi connectivity index (χ0) is 13.7. The summed E-state index contributed by atoms with van der Waals surface area (Å²) >= 11 is 0. The molecule has 0 N–H and O–H groups in total. The Balaban J connectivity index is 1.91. The first-order chi connectivity index (χ1) is 9.09. The van der Waals surface area contributed by atoms with Gasteiger partial charge in [0.05, 0.1) is 8.07 Å². The molecule has 106 valence electrons. The van der Waals surface area contributed by atoms with Gasteiger partial charge in [-0.25, -0.2) is 0 Å². The fourth-order valence-corrected chi connectivity index (χ4v) is 6.20. The lowest BCUT2D eigenvalue weighted by molar-refractivity contribution is 0.258. The van der Waals surface area contributed by atoms with Crippen LogP contribution >= 0.6 is 0 Å². The van der Waals surface area contributed by atoms with Crippen LogP contribution in [0.3, 0.4) is 0 Å². The van der Waals surface area contributed by atoms with E-state index >= 15 is 0 Å². The molecular formula is C17H29NSi. The minimum Gasteiger partial charge on any atom is -0.306 e. The van der Waals surface area contributed by atoms with E-state index in [0.717, 1.165) is 6.42 Å². The third-order valence-corrected chi connectivity index (χ3v) is 6.88. The minimum absolute atomic E-state index is 1.13. The molecule has 19 heavy (non-hydrogen) atoms. The van der Waals surface area contributed by atoms with Crippen molar-refractivity contribution in [1.29, 1.82) is 0 Å². The Kier molecular flexibility index (Phi) is 5.23. The molecule has 0 aromatic heterocycles. The van der Waals surface area contributed by atoms with Crippen LogP contribution in [0.4, 0.5) is 0 Å². The highest BCUT2D eigenvalue weighted by Gasteiger charge is 2.25. The number of benzene rings is 1. The molecule has 1 fully saturated rings. The Hall–Kier alpha value is -0.603. The highest BCUT2D eigenvalue weighted by molar-refractivity contribution is 6.77. The average Bonchev–Trinajstić information content (AvgIpc) is 2.39. The Morgan fingerprint density at radius 1 is 0.947 bits per heavy atom. The molecular weight excluding hydrogens is 246 g/mol. The van der Waals surface area contributed by atoms with Gasteiger partial charge in [-0.3, -0.25) is 0 Å². The van der Waals surface area contributed by atoms with Gasteiger partial charge in [0, 0.05) is 0 Å². The van der Waals surface area contributed by atoms with Crippen molar-refractivity contribution >= 4 is 8.07 Å². The smallest absolute Gasteiger partial charge is 0.0672 e. The molecule has 0 saturated carbocycles. The van der Waals surface area contributed by atoms with Gasteiger partial charge in [0.15, 0.2) is 0 Å². The summed E-state index contributed by atoms with van der Waals surface area (Å²) in [5, 5.41) is 0. The third-order valence-electron chi connectivity index (χ3n) is 4.21. The second kappa shape index (κ2) is 6.71. The van der Waals surface area contributed by atoms with E-state index in [1.54, 1.807) is 5.56 Å². The van der Waals surface area contributed by atoms with Crippen molar-refractivity contribution in [2.45, 2.75) is 51.7 Å². The van der Waals surface area contributed by atoms with E-state index in [0.29, 0.717) is 0 Å². The van der Waals surface area contributed by atoms with Crippen molar-refractivity contribution in [2.75, 3.05) is 19.3 Å². The molecule has 1 heterocycles. The molecule has 2 rings (SSSR count). The summed E-state index contributed by atoms with van der Waals surface area (Å²) in [6.07, 6.45) is 6.79. The fraction of sp³-hybridized carbons (Fsp3) is 0.647. The Bertz CT molecular complexity index is 377. The summed E-state index contributed by atoms with van der Waals surface area (Å²) in [6, 6.07) is 10.6. The van der Waals surface area contributed by atoms with E-state index < -0.39 is 8.07 Å². The highest BCUT2D eigenvalue weighted by atomic mass is 28.3. The number of rotatable bonds is 5. The zero-order valence-corrected chi connectivity index (χ0v) is 13.9. The quantitative estimate of drug-likeness (QED) is 0.732. The van der Waals surface area contributed by atoms with Gasteiger partial charge in [-0.2, -0.15) is 0 Å². The summed E-state index contributed by atoms with van der Waals surface area (Å²) in [5.74, 6) is 0. The number of likely N-dealkylation sites (tertiary alicyclic amines) is 1. The number of aryl methyl sites for hydroxylation is 1. The van der Waals surface area contributed by atoms with Crippen LogP contribution in [0.25, 0.3) is 0 Å². The molecule has 0 atom stereocenters. The molecule has 0 unspecified atom stereocenters. The molecule has 1 nitrogen and oxygen atoms in total. The lowest BCUT2D eigenvalue weighted by Gasteiger charge is -2.34. The van der Waals surface area contributed by atoms with Crippen molar-refractivity contribution in [3.8, 4) is 0 Å². The monoisotopic (exact) mass is 275 g/mol. The molecule has 1 aromatic carbocycles. The van der Waals surface area contributed by atoms with Gasteiger partial charge in [-0.1, -0.05) is 56.3 Å². The predicted octanol–water partition coefficient (Wildman–Crippen LogP) is 4.06. The van der Waals surface area contributed by atoms with Gasteiger partial charge in [-0.05, 0) is 50.1 Å². The maximum Gasteiger partial charge on any atom is 0.0672 e. The standard InChI is InChI=1S/C17H29NSi/c1-4-16-8-10-17(11-9-16)14-19(2,3)15-18-12-6-5-7-13-18/h8-11H,4-7,12-15H2,1-3H3. The zero-order valence-electron chi connectivity index (χ0n) is 12.9. The largest absolute Gasteiger partial charge is 0.306 e. The molecule has 2 heteroatoms. The van der Waals surface area contributed by atoms with E-state index in [-0.39, 0.29) is 0 Å². The molecule has 1 aliphatic rings. The van der Waals surface area contributed by atoms with Crippen molar-refractivity contribution in [3.63, 3.8) is 0 Å². The van der Waals surface area contributed by atoms with Crippen molar-refractivity contribution in [3.05, 3.63) is 35.4 Å². The maximum absolute atomic E-state index is 2.72. The van der Waals surface area contributed by atoms with Crippen LogP contribution in [0, 0.1) is 0 Å². The topological polar surface area (TPSA) is 3.24 Å². The molecule has 0 spiro atoms. The highest BCUT2D eigenvalue weighted by Crippen LogP contribution is 2.17. The van der Waals surface area contributed by atoms with Gasteiger partial charge in [0.25, 0.3) is 0 Å². The van der Waals surface area contributed by atoms with Crippen molar-refractivity contribution in [1.82, 2.24) is 4.90 Å². The van der Waals surface area contributed by atoms with Crippen LogP contribution in [0.1, 0.15) is 37.3 Å². The van der Waals surface area contributed by atoms with Gasteiger partial charge >= 0.3 is 0 Å². The van der Waals surface area contributed by atoms with Crippen LogP contribution in [0.5, 0.6) is 0 Å². The average molecular weight is 276 g/mol. The van der Waals surface area contributed by atoms with Crippen LogP contribution in [-0.2, 0) is 12.5 Å². The number of hydrogen-bond donors (Lipinski definition) is 0. The maximum atomic E-state index is 2.72. The molecule has 0 amide bonds. The van der Waals surface area contributed by atoms with Gasteiger partial charge < -0.3 is 4.90 Å². The van der Waals surface area contributed by atoms with E-state index in [9.17, 15) is 0 Å². The molecule has 1 aliphatic heterocycles. The summed E-state index contributed by atoms with van der Waals surface area (Å²) in [4.78, 5) is 2.72. The Morgan fingerprint density at radius 3 is 2.11 bits per heavy atom. The van der Waals surface area contributed by atoms with Crippen LogP contribution in [-0.4, -0.2) is 32.2 Å². The first-order valence-corrected chi connectivity index (χ1v) is 11.3. The van der Waals surface area contributed by atoms with Gasteiger partial charge in [-0.15, -0.1) is 0 Å². The second-order valence-corrected chi connectivity index (χ2v) is 11.8. The lowest BCUT2D eigenvalue weighted by atomic mass is 10.1. The molecule has 0 aliphatic carbocycles. The van der Waals surface area contributed by atoms with E-state index in [4.69, 9.17) is 0 Å². The number of piperidine rings is 1. The van der Waals surface area contributed by atoms with Crippen molar-refractivity contribution in [2.24, 2.45) is 0 Å². The summed E-state index contributed by atoms with van der Waals surface area (Å²) < 4.78 is 0.